The van der Waals surface area contributed by atoms with Crippen molar-refractivity contribution < 1.29 is 8.42 Å². The Hall–Kier alpha value is -2.20. The van der Waals surface area contributed by atoms with Gasteiger partial charge in [0, 0.05) is 32.3 Å². The molecule has 0 spiro atoms. The van der Waals surface area contributed by atoms with Crippen molar-refractivity contribution in [2.75, 3.05) is 6.54 Å². The lowest BCUT2D eigenvalue weighted by atomic mass is 9.92. The molecular formula is C16H23N5O4S. The molecule has 0 aromatic carbocycles. The molecule has 0 atom stereocenters. The maximum absolute atomic E-state index is 13.0. The molecule has 1 aliphatic rings. The summed E-state index contributed by atoms with van der Waals surface area (Å²) in [6, 6.07) is 1.90. The Morgan fingerprint density at radius 1 is 1.12 bits per heavy atom. The molecule has 0 bridgehead atoms. The van der Waals surface area contributed by atoms with E-state index >= 15 is 0 Å². The van der Waals surface area contributed by atoms with Crippen LogP contribution in [0.15, 0.2) is 26.7 Å². The second-order valence-electron chi connectivity index (χ2n) is 7.58. The average molecular weight is 381 g/mol. The van der Waals surface area contributed by atoms with Gasteiger partial charge in [-0.2, -0.15) is 9.40 Å². The molecule has 0 fully saturated rings. The summed E-state index contributed by atoms with van der Waals surface area (Å²) in [7, 11) is -1.34. The van der Waals surface area contributed by atoms with Gasteiger partial charge in [-0.05, 0) is 6.07 Å². The third-order valence-corrected chi connectivity index (χ3v) is 6.39. The van der Waals surface area contributed by atoms with Crippen LogP contribution in [0.25, 0.3) is 0 Å². The van der Waals surface area contributed by atoms with Gasteiger partial charge in [0.25, 0.3) is 5.56 Å². The molecule has 2 aromatic heterocycles. The first-order chi connectivity index (χ1) is 11.9. The van der Waals surface area contributed by atoms with Crippen LogP contribution in [-0.4, -0.2) is 38.2 Å². The summed E-state index contributed by atoms with van der Waals surface area (Å²) in [5, 5.41) is 4.55. The van der Waals surface area contributed by atoms with Gasteiger partial charge in [0.05, 0.1) is 24.5 Å². The van der Waals surface area contributed by atoms with Crippen LogP contribution in [0.3, 0.4) is 0 Å². The number of hydrogen-bond donors (Lipinski definition) is 0. The highest BCUT2D eigenvalue weighted by molar-refractivity contribution is 7.89. The van der Waals surface area contributed by atoms with Gasteiger partial charge < -0.3 is 4.57 Å². The minimum atomic E-state index is -4.02. The number of sulfonamides is 1. The molecule has 0 N–H and O–H groups in total. The second kappa shape index (κ2) is 5.92. The van der Waals surface area contributed by atoms with E-state index in [-0.39, 0.29) is 18.5 Å². The molecular weight excluding hydrogens is 358 g/mol. The standard InChI is InChI=1S/C16H23N5O4S/c1-16(2,3)13-8-11-9-20(6-7-21(11)17-13)26(24,25)12-10-18(4)15(23)19(5)14(12)22/h8,10H,6-7,9H2,1-5H3. The molecule has 3 heterocycles. The number of aromatic nitrogens is 4. The molecule has 9 nitrogen and oxygen atoms in total. The van der Waals surface area contributed by atoms with Crippen molar-refractivity contribution in [2.45, 2.75) is 44.2 Å². The lowest BCUT2D eigenvalue weighted by Crippen LogP contribution is -2.44. The maximum Gasteiger partial charge on any atom is 0.330 e. The topological polar surface area (TPSA) is 99.2 Å². The highest BCUT2D eigenvalue weighted by Crippen LogP contribution is 2.25. The maximum atomic E-state index is 13.0. The molecule has 0 aliphatic carbocycles. The van der Waals surface area contributed by atoms with E-state index < -0.39 is 26.2 Å². The van der Waals surface area contributed by atoms with Crippen molar-refractivity contribution in [1.29, 1.82) is 0 Å². The number of hydrogen-bond acceptors (Lipinski definition) is 5. The van der Waals surface area contributed by atoms with Gasteiger partial charge in [-0.25, -0.2) is 13.2 Å². The highest BCUT2D eigenvalue weighted by Gasteiger charge is 2.33. The number of rotatable bonds is 2. The van der Waals surface area contributed by atoms with Crippen LogP contribution >= 0.6 is 0 Å². The van der Waals surface area contributed by atoms with E-state index in [4.69, 9.17) is 0 Å². The first-order valence-electron chi connectivity index (χ1n) is 8.27. The second-order valence-corrected chi connectivity index (χ2v) is 9.49. The summed E-state index contributed by atoms with van der Waals surface area (Å²) < 4.78 is 31.0. The fourth-order valence-electron chi connectivity index (χ4n) is 2.91. The van der Waals surface area contributed by atoms with E-state index in [1.807, 2.05) is 31.5 Å². The zero-order chi connectivity index (χ0) is 19.4. The third kappa shape index (κ3) is 2.92. The lowest BCUT2D eigenvalue weighted by molar-refractivity contribution is 0.324. The third-order valence-electron chi connectivity index (χ3n) is 4.56. The van der Waals surface area contributed by atoms with Gasteiger partial charge in [-0.1, -0.05) is 20.8 Å². The Morgan fingerprint density at radius 2 is 1.77 bits per heavy atom. The normalized spacial score (nSPS) is 15.9. The number of aryl methyl sites for hydroxylation is 1. The summed E-state index contributed by atoms with van der Waals surface area (Å²) in [5.74, 6) is 0. The Balaban J connectivity index is 2.02. The summed E-state index contributed by atoms with van der Waals surface area (Å²) in [5.41, 5.74) is 0.154. The zero-order valence-corrected chi connectivity index (χ0v) is 16.4. The highest BCUT2D eigenvalue weighted by atomic mass is 32.2. The predicted octanol–water partition coefficient (Wildman–Crippen LogP) is -0.217. The minimum Gasteiger partial charge on any atom is -0.302 e. The van der Waals surface area contributed by atoms with E-state index in [1.165, 1.54) is 18.4 Å². The van der Waals surface area contributed by atoms with Crippen LogP contribution in [-0.2, 0) is 42.6 Å². The molecule has 0 unspecified atom stereocenters. The average Bonchev–Trinajstić information content (AvgIpc) is 2.99. The van der Waals surface area contributed by atoms with E-state index in [0.29, 0.717) is 6.54 Å². The first kappa shape index (κ1) is 18.6. The van der Waals surface area contributed by atoms with Crippen molar-refractivity contribution in [1.82, 2.24) is 23.2 Å². The largest absolute Gasteiger partial charge is 0.330 e. The summed E-state index contributed by atoms with van der Waals surface area (Å²) >= 11 is 0. The van der Waals surface area contributed by atoms with Crippen LogP contribution in [0.1, 0.15) is 32.2 Å². The van der Waals surface area contributed by atoms with E-state index in [9.17, 15) is 18.0 Å². The Morgan fingerprint density at radius 3 is 2.38 bits per heavy atom. The summed E-state index contributed by atoms with van der Waals surface area (Å²) in [6.45, 7) is 6.90. The molecule has 0 saturated carbocycles. The smallest absolute Gasteiger partial charge is 0.302 e. The molecule has 26 heavy (non-hydrogen) atoms. The fourth-order valence-corrected chi connectivity index (χ4v) is 4.46. The molecule has 0 amide bonds. The van der Waals surface area contributed by atoms with Crippen molar-refractivity contribution >= 4 is 10.0 Å². The van der Waals surface area contributed by atoms with Gasteiger partial charge in [0.15, 0.2) is 4.90 Å². The SMILES string of the molecule is Cn1cc(S(=O)(=O)N2CCn3nc(C(C)(C)C)cc3C2)c(=O)n(C)c1=O. The van der Waals surface area contributed by atoms with Crippen molar-refractivity contribution in [3.05, 3.63) is 44.5 Å². The van der Waals surface area contributed by atoms with Gasteiger partial charge in [-0.3, -0.25) is 14.0 Å². The monoisotopic (exact) mass is 381 g/mol. The van der Waals surface area contributed by atoms with Gasteiger partial charge in [-0.15, -0.1) is 0 Å². The zero-order valence-electron chi connectivity index (χ0n) is 15.6. The Bertz CT molecular complexity index is 1090. The van der Waals surface area contributed by atoms with Crippen LogP contribution in [0.2, 0.25) is 0 Å². The van der Waals surface area contributed by atoms with Crippen LogP contribution in [0.4, 0.5) is 0 Å². The number of fused-ring (bicyclic) bond motifs is 1. The van der Waals surface area contributed by atoms with Gasteiger partial charge in [0.1, 0.15) is 0 Å². The van der Waals surface area contributed by atoms with E-state index in [1.54, 1.807) is 0 Å². The van der Waals surface area contributed by atoms with Crippen molar-refractivity contribution in [3.8, 4) is 0 Å². The lowest BCUT2D eigenvalue weighted by Gasteiger charge is -2.26. The summed E-state index contributed by atoms with van der Waals surface area (Å²) in [4.78, 5) is 23.8. The molecule has 1 aliphatic heterocycles. The fraction of sp³-hybridized carbons (Fsp3) is 0.562. The minimum absolute atomic E-state index is 0.136. The first-order valence-corrected chi connectivity index (χ1v) is 9.71. The van der Waals surface area contributed by atoms with Gasteiger partial charge >= 0.3 is 5.69 Å². The molecule has 10 heteroatoms. The Labute approximate surface area is 151 Å². The molecule has 0 radical (unpaired) electrons. The van der Waals surface area contributed by atoms with E-state index in [0.717, 1.165) is 26.7 Å². The van der Waals surface area contributed by atoms with Crippen molar-refractivity contribution in [2.24, 2.45) is 14.1 Å². The molecule has 142 valence electrons. The quantitative estimate of drug-likeness (QED) is 0.716. The van der Waals surface area contributed by atoms with E-state index in [2.05, 4.69) is 5.10 Å². The van der Waals surface area contributed by atoms with Crippen LogP contribution < -0.4 is 11.2 Å². The van der Waals surface area contributed by atoms with Crippen LogP contribution in [0.5, 0.6) is 0 Å². The predicted molar refractivity (Wildman–Crippen MR) is 95.4 cm³/mol. The number of nitrogens with zero attached hydrogens (tertiary/aromatic N) is 5. The molecule has 2 aromatic rings. The molecule has 0 saturated heterocycles. The Kier molecular flexibility index (Phi) is 4.23. The van der Waals surface area contributed by atoms with Crippen molar-refractivity contribution in [3.63, 3.8) is 0 Å². The van der Waals surface area contributed by atoms with Crippen LogP contribution in [0, 0.1) is 0 Å². The van der Waals surface area contributed by atoms with Gasteiger partial charge in [0.2, 0.25) is 10.0 Å². The molecule has 3 rings (SSSR count). The summed E-state index contributed by atoms with van der Waals surface area (Å²) in [6.07, 6.45) is 1.09.